The van der Waals surface area contributed by atoms with Crippen molar-refractivity contribution in [2.45, 2.75) is 19.1 Å². The molecule has 0 fully saturated rings. The second-order valence-electron chi connectivity index (χ2n) is 3.78. The van der Waals surface area contributed by atoms with Gasteiger partial charge in [0.25, 0.3) is 0 Å². The first-order chi connectivity index (χ1) is 7.89. The van der Waals surface area contributed by atoms with E-state index in [9.17, 15) is 18.0 Å². The number of hydrogen-bond acceptors (Lipinski definition) is 3. The van der Waals surface area contributed by atoms with Crippen LogP contribution in [0.4, 0.5) is 19.0 Å². The van der Waals surface area contributed by atoms with E-state index in [-0.39, 0.29) is 5.82 Å². The summed E-state index contributed by atoms with van der Waals surface area (Å²) in [6.07, 6.45) is -4.34. The van der Waals surface area contributed by atoms with Crippen LogP contribution < -0.4 is 10.6 Å². The molecule has 0 spiro atoms. The number of rotatable bonds is 1. The fourth-order valence-electron chi connectivity index (χ4n) is 1.79. The minimum atomic E-state index is -4.89. The van der Waals surface area contributed by atoms with E-state index >= 15 is 0 Å². The van der Waals surface area contributed by atoms with Crippen molar-refractivity contribution in [2.75, 3.05) is 11.9 Å². The lowest BCUT2D eigenvalue weighted by Gasteiger charge is -2.14. The van der Waals surface area contributed by atoms with Crippen LogP contribution in [0.25, 0.3) is 0 Å². The number of aromatic nitrogens is 2. The Morgan fingerprint density at radius 2 is 2.24 bits per heavy atom. The van der Waals surface area contributed by atoms with Crippen LogP contribution in [-0.2, 0) is 24.8 Å². The number of hydrogen-bond donors (Lipinski definition) is 2. The van der Waals surface area contributed by atoms with Crippen LogP contribution in [-0.4, -0.2) is 28.4 Å². The molecule has 0 aliphatic carbocycles. The van der Waals surface area contributed by atoms with Crippen molar-refractivity contribution in [3.8, 4) is 0 Å². The maximum atomic E-state index is 12.1. The van der Waals surface area contributed by atoms with E-state index < -0.39 is 12.1 Å². The molecule has 8 heteroatoms. The zero-order valence-electron chi connectivity index (χ0n) is 9.06. The first-order valence-electron chi connectivity index (χ1n) is 5.03. The van der Waals surface area contributed by atoms with Crippen molar-refractivity contribution >= 4 is 11.7 Å². The van der Waals surface area contributed by atoms with Gasteiger partial charge in [-0.15, -0.1) is 0 Å². The van der Waals surface area contributed by atoms with E-state index in [0.29, 0.717) is 25.1 Å². The van der Waals surface area contributed by atoms with Gasteiger partial charge in [0.05, 0.1) is 5.69 Å². The highest BCUT2D eigenvalue weighted by molar-refractivity contribution is 5.94. The van der Waals surface area contributed by atoms with E-state index in [1.165, 1.54) is 4.68 Å². The molecule has 0 aromatic carbocycles. The van der Waals surface area contributed by atoms with Crippen LogP contribution >= 0.6 is 0 Å². The molecule has 5 nitrogen and oxygen atoms in total. The van der Waals surface area contributed by atoms with E-state index in [1.807, 2.05) is 5.32 Å². The smallest absolute Gasteiger partial charge is 0.311 e. The highest BCUT2D eigenvalue weighted by Crippen LogP contribution is 2.24. The molecule has 0 unspecified atom stereocenters. The molecular formula is C9H11F3N4O. The van der Waals surface area contributed by atoms with Crippen molar-refractivity contribution in [1.82, 2.24) is 15.1 Å². The van der Waals surface area contributed by atoms with E-state index in [0.717, 1.165) is 5.69 Å². The molecule has 0 saturated heterocycles. The molecule has 2 rings (SSSR count). The molecule has 1 aromatic heterocycles. The number of carbonyl (C=O) groups is 1. The highest BCUT2D eigenvalue weighted by atomic mass is 19.4. The predicted octanol–water partition coefficient (Wildman–Crippen LogP) is 0.567. The van der Waals surface area contributed by atoms with Gasteiger partial charge in [-0.25, -0.2) is 0 Å². The third-order valence-electron chi connectivity index (χ3n) is 2.61. The fraction of sp³-hybridized carbons (Fsp3) is 0.556. The summed E-state index contributed by atoms with van der Waals surface area (Å²) in [6, 6.07) is 0. The summed E-state index contributed by atoms with van der Waals surface area (Å²) in [7, 11) is 1.63. The number of nitrogens with zero attached hydrogens (tertiary/aromatic N) is 2. The van der Waals surface area contributed by atoms with Crippen LogP contribution in [0.5, 0.6) is 0 Å². The largest absolute Gasteiger partial charge is 0.471 e. The van der Waals surface area contributed by atoms with Gasteiger partial charge in [-0.3, -0.25) is 9.48 Å². The minimum absolute atomic E-state index is 0.00586. The van der Waals surface area contributed by atoms with Crippen molar-refractivity contribution in [2.24, 2.45) is 7.05 Å². The molecule has 17 heavy (non-hydrogen) atoms. The van der Waals surface area contributed by atoms with Crippen LogP contribution in [0.3, 0.4) is 0 Å². The van der Waals surface area contributed by atoms with Crippen LogP contribution in [0, 0.1) is 0 Å². The SMILES string of the molecule is Cn1nc(NC(=O)C(F)(F)F)c2c1CNCC2. The lowest BCUT2D eigenvalue weighted by Crippen LogP contribution is -2.31. The van der Waals surface area contributed by atoms with Gasteiger partial charge in [0.2, 0.25) is 0 Å². The lowest BCUT2D eigenvalue weighted by molar-refractivity contribution is -0.167. The first-order valence-corrected chi connectivity index (χ1v) is 5.03. The number of aryl methyl sites for hydroxylation is 1. The number of anilines is 1. The normalized spacial score (nSPS) is 15.5. The van der Waals surface area contributed by atoms with Gasteiger partial charge in [-0.05, 0) is 13.0 Å². The van der Waals surface area contributed by atoms with Crippen molar-refractivity contribution < 1.29 is 18.0 Å². The average molecular weight is 248 g/mol. The Kier molecular flexibility index (Phi) is 2.82. The van der Waals surface area contributed by atoms with Gasteiger partial charge in [0, 0.05) is 19.2 Å². The number of halogens is 3. The topological polar surface area (TPSA) is 59.0 Å². The number of fused-ring (bicyclic) bond motifs is 1. The monoisotopic (exact) mass is 248 g/mol. The van der Waals surface area contributed by atoms with Crippen LogP contribution in [0.1, 0.15) is 11.3 Å². The van der Waals surface area contributed by atoms with Crippen LogP contribution in [0.2, 0.25) is 0 Å². The Balaban J connectivity index is 2.25. The zero-order chi connectivity index (χ0) is 12.6. The van der Waals surface area contributed by atoms with Gasteiger partial charge in [-0.2, -0.15) is 18.3 Å². The van der Waals surface area contributed by atoms with E-state index in [4.69, 9.17) is 0 Å². The highest BCUT2D eigenvalue weighted by Gasteiger charge is 2.39. The van der Waals surface area contributed by atoms with E-state index in [2.05, 4.69) is 10.4 Å². The maximum absolute atomic E-state index is 12.1. The summed E-state index contributed by atoms with van der Waals surface area (Å²) in [5.41, 5.74) is 1.47. The molecule has 2 heterocycles. The fourth-order valence-corrected chi connectivity index (χ4v) is 1.79. The summed E-state index contributed by atoms with van der Waals surface area (Å²) in [5, 5.41) is 8.78. The molecule has 1 amide bonds. The standard InChI is InChI=1S/C9H11F3N4O/c1-16-6-4-13-3-2-5(6)7(15-16)14-8(17)9(10,11)12/h13H,2-4H2,1H3,(H,14,15,17). The average Bonchev–Trinajstić information content (AvgIpc) is 2.56. The summed E-state index contributed by atoms with van der Waals surface area (Å²) in [5.74, 6) is -1.98. The molecule has 0 atom stereocenters. The second kappa shape index (κ2) is 4.02. The molecule has 1 aliphatic rings. The maximum Gasteiger partial charge on any atom is 0.471 e. The zero-order valence-corrected chi connectivity index (χ0v) is 9.06. The lowest BCUT2D eigenvalue weighted by atomic mass is 10.1. The van der Waals surface area contributed by atoms with Crippen molar-refractivity contribution in [3.05, 3.63) is 11.3 Å². The molecule has 1 aromatic rings. The number of nitrogens with one attached hydrogen (secondary N) is 2. The summed E-state index contributed by atoms with van der Waals surface area (Å²) in [4.78, 5) is 10.8. The van der Waals surface area contributed by atoms with Gasteiger partial charge in [0.15, 0.2) is 5.82 Å². The third-order valence-corrected chi connectivity index (χ3v) is 2.61. The van der Waals surface area contributed by atoms with Crippen LogP contribution in [0.15, 0.2) is 0 Å². The van der Waals surface area contributed by atoms with Gasteiger partial charge >= 0.3 is 12.1 Å². The Hall–Kier alpha value is -1.57. The molecule has 1 aliphatic heterocycles. The summed E-state index contributed by atoms with van der Waals surface area (Å²) >= 11 is 0. The third kappa shape index (κ3) is 2.26. The minimum Gasteiger partial charge on any atom is -0.311 e. The quantitative estimate of drug-likeness (QED) is 0.763. The summed E-state index contributed by atoms with van der Waals surface area (Å²) in [6.45, 7) is 1.20. The molecule has 0 bridgehead atoms. The number of amides is 1. The molecular weight excluding hydrogens is 237 g/mol. The van der Waals surface area contributed by atoms with Gasteiger partial charge < -0.3 is 10.6 Å². The van der Waals surface area contributed by atoms with Crippen molar-refractivity contribution in [3.63, 3.8) is 0 Å². The van der Waals surface area contributed by atoms with Gasteiger partial charge in [-0.1, -0.05) is 0 Å². The summed E-state index contributed by atoms with van der Waals surface area (Å²) < 4.78 is 37.8. The molecule has 0 radical (unpaired) electrons. The number of alkyl halides is 3. The predicted molar refractivity (Wildman–Crippen MR) is 53.3 cm³/mol. The Labute approximate surface area is 95.0 Å². The van der Waals surface area contributed by atoms with Crippen molar-refractivity contribution in [1.29, 1.82) is 0 Å². The Bertz CT molecular complexity index is 452. The first kappa shape index (κ1) is 11.9. The second-order valence-corrected chi connectivity index (χ2v) is 3.78. The molecule has 2 N–H and O–H groups in total. The van der Waals surface area contributed by atoms with Gasteiger partial charge in [0.1, 0.15) is 0 Å². The Morgan fingerprint density at radius 1 is 1.53 bits per heavy atom. The molecule has 94 valence electrons. The number of carbonyl (C=O) groups excluding carboxylic acids is 1. The van der Waals surface area contributed by atoms with E-state index in [1.54, 1.807) is 7.05 Å². The Morgan fingerprint density at radius 3 is 2.88 bits per heavy atom. The molecule has 0 saturated carbocycles.